The van der Waals surface area contributed by atoms with Crippen LogP contribution < -0.4 is 11.1 Å². The molecule has 4 heteroatoms. The highest BCUT2D eigenvalue weighted by atomic mass is 35.5. The first-order valence-corrected chi connectivity index (χ1v) is 7.38. The monoisotopic (exact) mass is 300 g/mol. The molecule has 0 saturated carbocycles. The standard InChI is InChI=1S/C17H17ClN2O/c18-14-7-3-4-8-15(14)20-17(16(19)21)10-9-12-5-1-2-6-13(12)11-17/h1-8,20H,9-11H2,(H2,19,21). The molecule has 21 heavy (non-hydrogen) atoms. The van der Waals surface area contributed by atoms with Crippen LogP contribution >= 0.6 is 11.6 Å². The Labute approximate surface area is 129 Å². The van der Waals surface area contributed by atoms with Crippen LogP contribution in [0.4, 0.5) is 5.69 Å². The summed E-state index contributed by atoms with van der Waals surface area (Å²) in [6.07, 6.45) is 2.09. The van der Waals surface area contributed by atoms with E-state index >= 15 is 0 Å². The lowest BCUT2D eigenvalue weighted by molar-refractivity contribution is -0.122. The van der Waals surface area contributed by atoms with Crippen molar-refractivity contribution in [2.75, 3.05) is 5.32 Å². The maximum absolute atomic E-state index is 12.1. The summed E-state index contributed by atoms with van der Waals surface area (Å²) in [6.45, 7) is 0. The molecule has 0 bridgehead atoms. The van der Waals surface area contributed by atoms with Crippen molar-refractivity contribution in [2.24, 2.45) is 5.73 Å². The van der Waals surface area contributed by atoms with Gasteiger partial charge in [0.15, 0.2) is 0 Å². The van der Waals surface area contributed by atoms with Crippen molar-refractivity contribution in [3.05, 3.63) is 64.7 Å². The van der Waals surface area contributed by atoms with Crippen molar-refractivity contribution < 1.29 is 4.79 Å². The summed E-state index contributed by atoms with van der Waals surface area (Å²) >= 11 is 6.20. The number of fused-ring (bicyclic) bond motifs is 1. The molecule has 1 atom stereocenters. The second-order valence-electron chi connectivity index (χ2n) is 5.50. The Morgan fingerprint density at radius 1 is 1.10 bits per heavy atom. The third-order valence-corrected chi connectivity index (χ3v) is 4.48. The van der Waals surface area contributed by atoms with E-state index in [0.717, 1.165) is 12.1 Å². The van der Waals surface area contributed by atoms with Gasteiger partial charge >= 0.3 is 0 Å². The number of rotatable bonds is 3. The SMILES string of the molecule is NC(=O)C1(Nc2ccccc2Cl)CCc2ccccc2C1. The maximum atomic E-state index is 12.1. The molecule has 0 heterocycles. The van der Waals surface area contributed by atoms with Crippen LogP contribution in [0.1, 0.15) is 17.5 Å². The lowest BCUT2D eigenvalue weighted by Gasteiger charge is -2.37. The summed E-state index contributed by atoms with van der Waals surface area (Å²) in [7, 11) is 0. The zero-order chi connectivity index (χ0) is 14.9. The molecule has 108 valence electrons. The second-order valence-corrected chi connectivity index (χ2v) is 5.90. The molecule has 1 aliphatic carbocycles. The molecule has 0 aromatic heterocycles. The first-order valence-electron chi connectivity index (χ1n) is 7.00. The Balaban J connectivity index is 1.96. The third-order valence-electron chi connectivity index (χ3n) is 4.15. The molecule has 3 N–H and O–H groups in total. The quantitative estimate of drug-likeness (QED) is 0.915. The molecular weight excluding hydrogens is 284 g/mol. The van der Waals surface area contributed by atoms with Gasteiger partial charge in [-0.2, -0.15) is 0 Å². The number of para-hydroxylation sites is 1. The minimum Gasteiger partial charge on any atom is -0.370 e. The lowest BCUT2D eigenvalue weighted by Crippen LogP contribution is -2.54. The molecule has 1 amide bonds. The molecule has 3 rings (SSSR count). The Kier molecular flexibility index (Phi) is 3.60. The van der Waals surface area contributed by atoms with E-state index < -0.39 is 5.54 Å². The minimum absolute atomic E-state index is 0.336. The summed E-state index contributed by atoms with van der Waals surface area (Å²) in [6, 6.07) is 15.6. The highest BCUT2D eigenvalue weighted by molar-refractivity contribution is 6.33. The average Bonchev–Trinajstić information content (AvgIpc) is 2.49. The van der Waals surface area contributed by atoms with E-state index in [2.05, 4.69) is 17.4 Å². The van der Waals surface area contributed by atoms with Crippen LogP contribution in [0.5, 0.6) is 0 Å². The van der Waals surface area contributed by atoms with E-state index in [1.165, 1.54) is 11.1 Å². The third kappa shape index (κ3) is 2.61. The zero-order valence-corrected chi connectivity index (χ0v) is 12.4. The predicted octanol–water partition coefficient (Wildman–Crippen LogP) is 3.16. The first-order chi connectivity index (χ1) is 10.1. The van der Waals surface area contributed by atoms with E-state index in [0.29, 0.717) is 17.9 Å². The Bertz CT molecular complexity index is 686. The Hall–Kier alpha value is -2.00. The number of halogens is 1. The fourth-order valence-electron chi connectivity index (χ4n) is 2.93. The van der Waals surface area contributed by atoms with Gasteiger partial charge in [-0.15, -0.1) is 0 Å². The van der Waals surface area contributed by atoms with Crippen LogP contribution in [0.2, 0.25) is 5.02 Å². The largest absolute Gasteiger partial charge is 0.370 e. The number of anilines is 1. The van der Waals surface area contributed by atoms with Crippen molar-refractivity contribution >= 4 is 23.2 Å². The van der Waals surface area contributed by atoms with Crippen molar-refractivity contribution in [1.29, 1.82) is 0 Å². The lowest BCUT2D eigenvalue weighted by atomic mass is 9.77. The molecule has 1 aliphatic rings. The fourth-order valence-corrected chi connectivity index (χ4v) is 3.12. The van der Waals surface area contributed by atoms with Gasteiger partial charge in [0.1, 0.15) is 5.54 Å². The van der Waals surface area contributed by atoms with E-state index in [4.69, 9.17) is 17.3 Å². The van der Waals surface area contributed by atoms with E-state index in [1.54, 1.807) is 6.07 Å². The van der Waals surface area contributed by atoms with Crippen LogP contribution in [-0.4, -0.2) is 11.4 Å². The highest BCUT2D eigenvalue weighted by Crippen LogP contribution is 2.33. The van der Waals surface area contributed by atoms with Crippen LogP contribution in [0.15, 0.2) is 48.5 Å². The smallest absolute Gasteiger partial charge is 0.243 e. The van der Waals surface area contributed by atoms with Gasteiger partial charge in [0.05, 0.1) is 10.7 Å². The molecule has 0 aliphatic heterocycles. The number of carbonyl (C=O) groups is 1. The molecule has 2 aromatic carbocycles. The second kappa shape index (κ2) is 5.41. The summed E-state index contributed by atoms with van der Waals surface area (Å²) in [4.78, 5) is 12.1. The molecular formula is C17H17ClN2O. The number of hydrogen-bond acceptors (Lipinski definition) is 2. The van der Waals surface area contributed by atoms with Gasteiger partial charge in [-0.25, -0.2) is 0 Å². The Morgan fingerprint density at radius 3 is 2.48 bits per heavy atom. The maximum Gasteiger partial charge on any atom is 0.243 e. The topological polar surface area (TPSA) is 55.1 Å². The predicted molar refractivity (Wildman–Crippen MR) is 85.5 cm³/mol. The molecule has 3 nitrogen and oxygen atoms in total. The molecule has 2 aromatic rings. The highest BCUT2D eigenvalue weighted by Gasteiger charge is 2.40. The van der Waals surface area contributed by atoms with Crippen molar-refractivity contribution in [3.63, 3.8) is 0 Å². The van der Waals surface area contributed by atoms with Crippen LogP contribution in [0.25, 0.3) is 0 Å². The van der Waals surface area contributed by atoms with E-state index in [9.17, 15) is 4.79 Å². The number of nitrogens with two attached hydrogens (primary N) is 1. The fraction of sp³-hybridized carbons (Fsp3) is 0.235. The number of nitrogens with one attached hydrogen (secondary N) is 1. The molecule has 0 radical (unpaired) electrons. The van der Waals surface area contributed by atoms with Gasteiger partial charge in [0.2, 0.25) is 5.91 Å². The van der Waals surface area contributed by atoms with Crippen molar-refractivity contribution in [3.8, 4) is 0 Å². The number of primary amides is 1. The number of hydrogen-bond donors (Lipinski definition) is 2. The van der Waals surface area contributed by atoms with Gasteiger partial charge in [0, 0.05) is 6.42 Å². The van der Waals surface area contributed by atoms with Gasteiger partial charge < -0.3 is 11.1 Å². The molecule has 0 saturated heterocycles. The molecule has 1 unspecified atom stereocenters. The van der Waals surface area contributed by atoms with E-state index in [-0.39, 0.29) is 5.91 Å². The first kappa shape index (κ1) is 14.0. The number of amides is 1. The van der Waals surface area contributed by atoms with Gasteiger partial charge in [-0.3, -0.25) is 4.79 Å². The summed E-state index contributed by atoms with van der Waals surface area (Å²) in [5.41, 5.74) is 8.14. The Morgan fingerprint density at radius 2 is 1.76 bits per heavy atom. The number of benzene rings is 2. The summed E-state index contributed by atoms with van der Waals surface area (Å²) in [5.74, 6) is -0.336. The van der Waals surface area contributed by atoms with Crippen molar-refractivity contribution in [1.82, 2.24) is 0 Å². The number of aryl methyl sites for hydroxylation is 1. The van der Waals surface area contributed by atoms with Gasteiger partial charge in [-0.05, 0) is 36.1 Å². The average molecular weight is 301 g/mol. The van der Waals surface area contributed by atoms with Crippen LogP contribution in [0.3, 0.4) is 0 Å². The van der Waals surface area contributed by atoms with Crippen LogP contribution in [0, 0.1) is 0 Å². The van der Waals surface area contributed by atoms with Gasteiger partial charge in [-0.1, -0.05) is 48.0 Å². The zero-order valence-electron chi connectivity index (χ0n) is 11.6. The minimum atomic E-state index is -0.778. The summed E-state index contributed by atoms with van der Waals surface area (Å²) in [5, 5.41) is 3.89. The normalized spacial score (nSPS) is 20.6. The molecule has 0 fully saturated rings. The van der Waals surface area contributed by atoms with E-state index in [1.807, 2.05) is 30.3 Å². The number of carbonyl (C=O) groups excluding carboxylic acids is 1. The molecule has 0 spiro atoms. The van der Waals surface area contributed by atoms with Gasteiger partial charge in [0.25, 0.3) is 0 Å². The summed E-state index contributed by atoms with van der Waals surface area (Å²) < 4.78 is 0. The van der Waals surface area contributed by atoms with Crippen LogP contribution in [-0.2, 0) is 17.6 Å². The van der Waals surface area contributed by atoms with Crippen molar-refractivity contribution in [2.45, 2.75) is 24.8 Å².